The summed E-state index contributed by atoms with van der Waals surface area (Å²) >= 11 is 0. The number of rotatable bonds is 0. The zero-order valence-electron chi connectivity index (χ0n) is 12.3. The van der Waals surface area contributed by atoms with Crippen LogP contribution in [0.1, 0.15) is 58.3 Å². The van der Waals surface area contributed by atoms with Gasteiger partial charge in [-0.25, -0.2) is 0 Å². The predicted molar refractivity (Wildman–Crippen MR) is 78.1 cm³/mol. The van der Waals surface area contributed by atoms with Crippen LogP contribution in [-0.4, -0.2) is 17.0 Å². The van der Waals surface area contributed by atoms with Gasteiger partial charge in [-0.15, -0.1) is 0 Å². The molecule has 0 aromatic carbocycles. The minimum atomic E-state index is -0.0936. The fourth-order valence-electron chi connectivity index (χ4n) is 5.50. The van der Waals surface area contributed by atoms with Gasteiger partial charge >= 0.3 is 0 Å². The highest BCUT2D eigenvalue weighted by Crippen LogP contribution is 2.59. The van der Waals surface area contributed by atoms with E-state index in [9.17, 15) is 9.90 Å². The first-order valence-corrected chi connectivity index (χ1v) is 8.23. The highest BCUT2D eigenvalue weighted by molar-refractivity contribution is 5.93. The maximum absolute atomic E-state index is 11.6. The summed E-state index contributed by atoms with van der Waals surface area (Å²) in [4.78, 5) is 11.6. The highest BCUT2D eigenvalue weighted by atomic mass is 16.3. The summed E-state index contributed by atoms with van der Waals surface area (Å²) in [5.74, 6) is 1.68. The van der Waals surface area contributed by atoms with E-state index in [1.54, 1.807) is 5.57 Å². The SMILES string of the molecule is C[C@@]12CCC3=C4CCC(=O)C=C4CC[C@@H]3[C@H]1CC[C@@H]2O. The third-order valence-corrected chi connectivity index (χ3v) is 6.68. The lowest BCUT2D eigenvalue weighted by molar-refractivity contribution is -0.114. The number of fused-ring (bicyclic) bond motifs is 4. The lowest BCUT2D eigenvalue weighted by Crippen LogP contribution is -2.42. The van der Waals surface area contributed by atoms with Crippen molar-refractivity contribution in [3.05, 3.63) is 22.8 Å². The first-order chi connectivity index (χ1) is 9.59. The average Bonchev–Trinajstić information content (AvgIpc) is 2.74. The molecule has 20 heavy (non-hydrogen) atoms. The molecule has 0 spiro atoms. The number of carbonyl (C=O) groups excluding carboxylic acids is 1. The molecule has 108 valence electrons. The van der Waals surface area contributed by atoms with Gasteiger partial charge in [-0.05, 0) is 79.4 Å². The van der Waals surface area contributed by atoms with Crippen LogP contribution in [0.4, 0.5) is 0 Å². The first kappa shape index (κ1) is 12.8. The molecule has 0 radical (unpaired) electrons. The van der Waals surface area contributed by atoms with Crippen LogP contribution in [0.5, 0.6) is 0 Å². The van der Waals surface area contributed by atoms with Crippen molar-refractivity contribution in [2.75, 3.05) is 0 Å². The van der Waals surface area contributed by atoms with Gasteiger partial charge in [-0.2, -0.15) is 0 Å². The van der Waals surface area contributed by atoms with Crippen molar-refractivity contribution >= 4 is 5.78 Å². The number of ketones is 1. The molecule has 0 heterocycles. The van der Waals surface area contributed by atoms with E-state index >= 15 is 0 Å². The average molecular weight is 272 g/mol. The van der Waals surface area contributed by atoms with Crippen LogP contribution in [0.2, 0.25) is 0 Å². The number of aliphatic hydroxyl groups excluding tert-OH is 1. The summed E-state index contributed by atoms with van der Waals surface area (Å²) in [6.07, 6.45) is 10.2. The minimum Gasteiger partial charge on any atom is -0.393 e. The maximum atomic E-state index is 11.6. The molecule has 2 heteroatoms. The van der Waals surface area contributed by atoms with Crippen molar-refractivity contribution in [3.63, 3.8) is 0 Å². The lowest BCUT2D eigenvalue weighted by Gasteiger charge is -2.48. The Hall–Kier alpha value is -0.890. The Labute approximate surface area is 120 Å². The van der Waals surface area contributed by atoms with E-state index in [-0.39, 0.29) is 11.5 Å². The molecule has 0 saturated heterocycles. The molecule has 2 fully saturated rings. The van der Waals surface area contributed by atoms with E-state index in [0.717, 1.165) is 32.1 Å². The van der Waals surface area contributed by atoms with Crippen LogP contribution in [0.15, 0.2) is 22.8 Å². The van der Waals surface area contributed by atoms with Crippen LogP contribution in [0, 0.1) is 17.3 Å². The van der Waals surface area contributed by atoms with Gasteiger partial charge in [-0.3, -0.25) is 4.79 Å². The molecular weight excluding hydrogens is 248 g/mol. The highest BCUT2D eigenvalue weighted by Gasteiger charge is 2.53. The largest absolute Gasteiger partial charge is 0.393 e. The second-order valence-electron chi connectivity index (χ2n) is 7.49. The van der Waals surface area contributed by atoms with Crippen LogP contribution < -0.4 is 0 Å². The van der Waals surface area contributed by atoms with Crippen molar-refractivity contribution in [1.82, 2.24) is 0 Å². The van der Waals surface area contributed by atoms with E-state index < -0.39 is 0 Å². The lowest BCUT2D eigenvalue weighted by atomic mass is 9.57. The van der Waals surface area contributed by atoms with Crippen molar-refractivity contribution in [2.24, 2.45) is 17.3 Å². The fourth-order valence-corrected chi connectivity index (χ4v) is 5.50. The first-order valence-electron chi connectivity index (χ1n) is 8.23. The number of aliphatic hydroxyl groups is 1. The standard InChI is InChI=1S/C18H24O2/c1-18-9-8-14-13-5-3-12(19)10-11(13)2-4-15(14)16(18)6-7-17(18)20/h10,15-17,20H,2-9H2,1H3/t15-,16+,17-,18+/m0/s1. The Balaban J connectivity index is 1.74. The molecule has 4 aliphatic carbocycles. The number of carbonyl (C=O) groups is 1. The third-order valence-electron chi connectivity index (χ3n) is 6.68. The monoisotopic (exact) mass is 272 g/mol. The van der Waals surface area contributed by atoms with Gasteiger partial charge in [-0.1, -0.05) is 12.5 Å². The van der Waals surface area contributed by atoms with E-state index in [1.807, 2.05) is 6.08 Å². The second-order valence-corrected chi connectivity index (χ2v) is 7.49. The summed E-state index contributed by atoms with van der Waals surface area (Å²) in [6.45, 7) is 2.31. The molecule has 2 nitrogen and oxygen atoms in total. The van der Waals surface area contributed by atoms with Crippen molar-refractivity contribution in [3.8, 4) is 0 Å². The normalized spacial score (nSPS) is 43.8. The summed E-state index contributed by atoms with van der Waals surface area (Å²) < 4.78 is 0. The molecule has 0 amide bonds. The zero-order valence-corrected chi connectivity index (χ0v) is 12.3. The van der Waals surface area contributed by atoms with Gasteiger partial charge in [0.05, 0.1) is 6.10 Å². The van der Waals surface area contributed by atoms with Crippen molar-refractivity contribution in [2.45, 2.75) is 64.4 Å². The number of hydrogen-bond acceptors (Lipinski definition) is 2. The summed E-state index contributed by atoms with van der Waals surface area (Å²) in [5.41, 5.74) is 4.69. The molecule has 2 saturated carbocycles. The zero-order chi connectivity index (χ0) is 13.9. The minimum absolute atomic E-state index is 0.0936. The maximum Gasteiger partial charge on any atom is 0.156 e. The van der Waals surface area contributed by atoms with E-state index in [0.29, 0.717) is 24.0 Å². The van der Waals surface area contributed by atoms with Gasteiger partial charge in [0.2, 0.25) is 0 Å². The predicted octanol–water partition coefficient (Wildman–Crippen LogP) is 3.55. The summed E-state index contributed by atoms with van der Waals surface area (Å²) in [6, 6.07) is 0. The Morgan fingerprint density at radius 2 is 2.00 bits per heavy atom. The van der Waals surface area contributed by atoms with Gasteiger partial charge in [0.25, 0.3) is 0 Å². The smallest absolute Gasteiger partial charge is 0.156 e. The third kappa shape index (κ3) is 1.64. The summed E-state index contributed by atoms with van der Waals surface area (Å²) in [7, 11) is 0. The quantitative estimate of drug-likeness (QED) is 0.732. The molecule has 0 bridgehead atoms. The molecule has 0 aliphatic heterocycles. The van der Waals surface area contributed by atoms with Crippen LogP contribution in [0.25, 0.3) is 0 Å². The van der Waals surface area contributed by atoms with Gasteiger partial charge < -0.3 is 5.11 Å². The Morgan fingerprint density at radius 3 is 2.85 bits per heavy atom. The van der Waals surface area contributed by atoms with Crippen molar-refractivity contribution < 1.29 is 9.90 Å². The van der Waals surface area contributed by atoms with Crippen LogP contribution >= 0.6 is 0 Å². The molecular formula is C18H24O2. The number of allylic oxidation sites excluding steroid dienone is 4. The fraction of sp³-hybridized carbons (Fsp3) is 0.722. The van der Waals surface area contributed by atoms with Gasteiger partial charge in [0.15, 0.2) is 5.78 Å². The van der Waals surface area contributed by atoms with Crippen LogP contribution in [-0.2, 0) is 4.79 Å². The Morgan fingerprint density at radius 1 is 1.15 bits per heavy atom. The topological polar surface area (TPSA) is 37.3 Å². The number of hydrogen-bond donors (Lipinski definition) is 1. The Bertz CT molecular complexity index is 528. The molecule has 4 aliphatic rings. The second kappa shape index (κ2) is 4.30. The van der Waals surface area contributed by atoms with E-state index in [4.69, 9.17) is 0 Å². The molecule has 0 aromatic rings. The molecule has 0 unspecified atom stereocenters. The molecule has 4 rings (SSSR count). The molecule has 0 aromatic heterocycles. The van der Waals surface area contributed by atoms with Crippen LogP contribution in [0.3, 0.4) is 0 Å². The van der Waals surface area contributed by atoms with E-state index in [1.165, 1.54) is 24.0 Å². The van der Waals surface area contributed by atoms with Gasteiger partial charge in [0.1, 0.15) is 0 Å². The van der Waals surface area contributed by atoms with Gasteiger partial charge in [0, 0.05) is 6.42 Å². The Kier molecular flexibility index (Phi) is 2.76. The molecule has 4 atom stereocenters. The van der Waals surface area contributed by atoms with E-state index in [2.05, 4.69) is 6.92 Å². The summed E-state index contributed by atoms with van der Waals surface area (Å²) in [5, 5.41) is 10.4. The van der Waals surface area contributed by atoms with Crippen molar-refractivity contribution in [1.29, 1.82) is 0 Å². The molecule has 1 N–H and O–H groups in total.